The number of amides is 2. The van der Waals surface area contributed by atoms with Crippen LogP contribution in [-0.2, 0) is 11.8 Å². The van der Waals surface area contributed by atoms with E-state index in [-0.39, 0.29) is 23.3 Å². The molecule has 1 saturated heterocycles. The van der Waals surface area contributed by atoms with Gasteiger partial charge in [0.2, 0.25) is 5.91 Å². The summed E-state index contributed by atoms with van der Waals surface area (Å²) in [4.78, 5) is 28.5. The van der Waals surface area contributed by atoms with Gasteiger partial charge in [-0.05, 0) is 24.6 Å². The molecular formula is C17H19FN4O3. The van der Waals surface area contributed by atoms with Crippen LogP contribution in [0.4, 0.5) is 4.39 Å². The summed E-state index contributed by atoms with van der Waals surface area (Å²) in [6, 6.07) is 3.26. The highest BCUT2D eigenvalue weighted by Gasteiger charge is 2.33. The molecule has 2 atom stereocenters. The molecule has 1 aromatic heterocycles. The van der Waals surface area contributed by atoms with E-state index in [1.165, 1.54) is 19.2 Å². The van der Waals surface area contributed by atoms with Crippen molar-refractivity contribution >= 4 is 11.8 Å². The minimum Gasteiger partial charge on any atom is -0.494 e. The number of carbonyl (C=O) groups is 2. The molecule has 0 radical (unpaired) electrons. The third-order valence-electron chi connectivity index (χ3n) is 4.27. The molecule has 1 fully saturated rings. The zero-order valence-electron chi connectivity index (χ0n) is 14.0. The first-order chi connectivity index (χ1) is 12.0. The summed E-state index contributed by atoms with van der Waals surface area (Å²) in [5.74, 6) is -0.379. The van der Waals surface area contributed by atoms with Gasteiger partial charge in [0.25, 0.3) is 5.91 Å². The van der Waals surface area contributed by atoms with Crippen LogP contribution in [0.2, 0.25) is 0 Å². The number of hydrogen-bond acceptors (Lipinski definition) is 4. The minimum absolute atomic E-state index is 0.0763. The third-order valence-corrected chi connectivity index (χ3v) is 4.27. The molecule has 0 unspecified atom stereocenters. The van der Waals surface area contributed by atoms with Crippen molar-refractivity contribution in [3.63, 3.8) is 0 Å². The molecule has 0 spiro atoms. The Balaban J connectivity index is 1.80. The average Bonchev–Trinajstić information content (AvgIpc) is 3.02. The zero-order valence-corrected chi connectivity index (χ0v) is 14.0. The Morgan fingerprint density at radius 1 is 1.48 bits per heavy atom. The van der Waals surface area contributed by atoms with Crippen LogP contribution in [0.5, 0.6) is 5.75 Å². The van der Waals surface area contributed by atoms with Crippen LogP contribution >= 0.6 is 0 Å². The number of nitrogens with one attached hydrogen (secondary N) is 2. The molecule has 2 amide bonds. The Kier molecular flexibility index (Phi) is 4.69. The number of ether oxygens (including phenoxy) is 1. The van der Waals surface area contributed by atoms with Crippen molar-refractivity contribution < 1.29 is 18.7 Å². The number of rotatable bonds is 4. The maximum atomic E-state index is 13.8. The van der Waals surface area contributed by atoms with Crippen molar-refractivity contribution in [1.82, 2.24) is 20.2 Å². The molecule has 1 aromatic carbocycles. The zero-order chi connectivity index (χ0) is 18.0. The number of hydrogen-bond donors (Lipinski definition) is 2. The van der Waals surface area contributed by atoms with Gasteiger partial charge in [-0.1, -0.05) is 0 Å². The van der Waals surface area contributed by atoms with Crippen molar-refractivity contribution in [2.24, 2.45) is 7.05 Å². The molecule has 0 aliphatic carbocycles. The number of imidazole rings is 1. The van der Waals surface area contributed by atoms with Crippen molar-refractivity contribution in [1.29, 1.82) is 0 Å². The summed E-state index contributed by atoms with van der Waals surface area (Å²) >= 11 is 0. The molecular weight excluding hydrogens is 327 g/mol. The average molecular weight is 346 g/mol. The van der Waals surface area contributed by atoms with Crippen molar-refractivity contribution in [3.05, 3.63) is 47.8 Å². The second-order valence-electron chi connectivity index (χ2n) is 5.91. The van der Waals surface area contributed by atoms with Crippen molar-refractivity contribution in [3.8, 4) is 5.75 Å². The molecule has 7 nitrogen and oxygen atoms in total. The van der Waals surface area contributed by atoms with E-state index in [4.69, 9.17) is 4.74 Å². The van der Waals surface area contributed by atoms with E-state index < -0.39 is 17.8 Å². The number of piperidine rings is 1. The predicted molar refractivity (Wildman–Crippen MR) is 87.5 cm³/mol. The number of methoxy groups -OCH3 is 1. The Labute approximate surface area is 144 Å². The first-order valence-electron chi connectivity index (χ1n) is 7.90. The third kappa shape index (κ3) is 3.47. The van der Waals surface area contributed by atoms with E-state index in [0.717, 1.165) is 6.07 Å². The maximum Gasteiger partial charge on any atom is 0.251 e. The second-order valence-corrected chi connectivity index (χ2v) is 5.91. The van der Waals surface area contributed by atoms with Crippen molar-refractivity contribution in [2.75, 3.05) is 7.11 Å². The van der Waals surface area contributed by atoms with E-state index in [2.05, 4.69) is 15.6 Å². The van der Waals surface area contributed by atoms with Gasteiger partial charge >= 0.3 is 0 Å². The molecule has 0 bridgehead atoms. The molecule has 132 valence electrons. The van der Waals surface area contributed by atoms with E-state index in [0.29, 0.717) is 18.7 Å². The Morgan fingerprint density at radius 3 is 2.92 bits per heavy atom. The number of aryl methyl sites for hydroxylation is 1. The van der Waals surface area contributed by atoms with Gasteiger partial charge in [-0.15, -0.1) is 0 Å². The van der Waals surface area contributed by atoms with Crippen LogP contribution in [0.3, 0.4) is 0 Å². The Hall–Kier alpha value is -2.90. The Morgan fingerprint density at radius 2 is 2.28 bits per heavy atom. The summed E-state index contributed by atoms with van der Waals surface area (Å²) in [5.41, 5.74) is 0.189. The van der Waals surface area contributed by atoms with Crippen LogP contribution in [0.15, 0.2) is 30.6 Å². The van der Waals surface area contributed by atoms with Gasteiger partial charge in [0.15, 0.2) is 11.6 Å². The SMILES string of the molecule is COc1ccc(C(=O)N[C@@H]2CCC(=O)N[C@H]2c2nccn2C)cc1F. The molecule has 2 N–H and O–H groups in total. The molecule has 2 aromatic rings. The number of aromatic nitrogens is 2. The standard InChI is InChI=1S/C17H19FN4O3/c1-22-8-7-19-16(22)15-12(4-6-14(23)21-15)20-17(24)10-3-5-13(25-2)11(18)9-10/h3,5,7-9,12,15H,4,6H2,1-2H3,(H,20,24)(H,21,23)/t12-,15-/m1/s1. The highest BCUT2D eigenvalue weighted by atomic mass is 19.1. The first kappa shape index (κ1) is 16.9. The van der Waals surface area contributed by atoms with E-state index in [1.807, 2.05) is 7.05 Å². The molecule has 0 saturated carbocycles. The highest BCUT2D eigenvalue weighted by molar-refractivity contribution is 5.94. The van der Waals surface area contributed by atoms with Gasteiger partial charge in [-0.25, -0.2) is 9.37 Å². The number of carbonyl (C=O) groups excluding carboxylic acids is 2. The highest BCUT2D eigenvalue weighted by Crippen LogP contribution is 2.24. The summed E-state index contributed by atoms with van der Waals surface area (Å²) < 4.78 is 20.5. The van der Waals surface area contributed by atoms with Gasteiger partial charge in [0.05, 0.1) is 13.2 Å². The van der Waals surface area contributed by atoms with Gasteiger partial charge < -0.3 is 19.9 Å². The molecule has 1 aliphatic heterocycles. The summed E-state index contributed by atoms with van der Waals surface area (Å²) in [6.45, 7) is 0. The lowest BCUT2D eigenvalue weighted by Gasteiger charge is -2.32. The molecule has 25 heavy (non-hydrogen) atoms. The fraction of sp³-hybridized carbons (Fsp3) is 0.353. The van der Waals surface area contributed by atoms with Gasteiger partial charge in [-0.2, -0.15) is 0 Å². The fourth-order valence-corrected chi connectivity index (χ4v) is 2.94. The van der Waals surface area contributed by atoms with Gasteiger partial charge in [0, 0.05) is 31.4 Å². The van der Waals surface area contributed by atoms with Crippen LogP contribution in [0.1, 0.15) is 35.1 Å². The minimum atomic E-state index is -0.604. The lowest BCUT2D eigenvalue weighted by Crippen LogP contribution is -2.50. The monoisotopic (exact) mass is 346 g/mol. The molecule has 8 heteroatoms. The van der Waals surface area contributed by atoms with E-state index in [1.54, 1.807) is 17.0 Å². The maximum absolute atomic E-state index is 13.8. The molecule has 3 rings (SSSR count). The van der Waals surface area contributed by atoms with E-state index >= 15 is 0 Å². The van der Waals surface area contributed by atoms with E-state index in [9.17, 15) is 14.0 Å². The lowest BCUT2D eigenvalue weighted by atomic mass is 9.96. The summed E-state index contributed by atoms with van der Waals surface area (Å²) in [6.07, 6.45) is 4.19. The number of nitrogens with zero attached hydrogens (tertiary/aromatic N) is 2. The smallest absolute Gasteiger partial charge is 0.251 e. The Bertz CT molecular complexity index is 805. The van der Waals surface area contributed by atoms with Crippen LogP contribution < -0.4 is 15.4 Å². The lowest BCUT2D eigenvalue weighted by molar-refractivity contribution is -0.124. The molecule has 1 aliphatic rings. The molecule has 2 heterocycles. The number of benzene rings is 1. The summed E-state index contributed by atoms with van der Waals surface area (Å²) in [5, 5.41) is 5.74. The topological polar surface area (TPSA) is 85.2 Å². The largest absolute Gasteiger partial charge is 0.494 e. The van der Waals surface area contributed by atoms with Crippen LogP contribution in [-0.4, -0.2) is 34.5 Å². The van der Waals surface area contributed by atoms with Gasteiger partial charge in [-0.3, -0.25) is 9.59 Å². The van der Waals surface area contributed by atoms with Crippen LogP contribution in [0, 0.1) is 5.82 Å². The normalized spacial score (nSPS) is 20.0. The second kappa shape index (κ2) is 6.92. The van der Waals surface area contributed by atoms with Crippen LogP contribution in [0.25, 0.3) is 0 Å². The summed E-state index contributed by atoms with van der Waals surface area (Å²) in [7, 11) is 3.18. The van der Waals surface area contributed by atoms with Gasteiger partial charge in [0.1, 0.15) is 11.9 Å². The number of halogens is 1. The predicted octanol–water partition coefficient (Wildman–Crippen LogP) is 1.32. The quantitative estimate of drug-likeness (QED) is 0.874. The fourth-order valence-electron chi connectivity index (χ4n) is 2.94. The van der Waals surface area contributed by atoms with Crippen molar-refractivity contribution in [2.45, 2.75) is 24.9 Å². The first-order valence-corrected chi connectivity index (χ1v) is 7.90.